The van der Waals surface area contributed by atoms with Gasteiger partial charge in [-0.15, -0.1) is 0 Å². The molecule has 5 heteroatoms. The molecule has 0 aliphatic rings. The zero-order chi connectivity index (χ0) is 12.0. The van der Waals surface area contributed by atoms with Crippen LogP contribution in [0.1, 0.15) is 24.3 Å². The Morgan fingerprint density at radius 2 is 2.38 bits per heavy atom. The van der Waals surface area contributed by atoms with Crippen molar-refractivity contribution in [3.63, 3.8) is 0 Å². The van der Waals surface area contributed by atoms with E-state index in [1.165, 1.54) is 0 Å². The maximum atomic E-state index is 11.7. The summed E-state index contributed by atoms with van der Waals surface area (Å²) in [4.78, 5) is 15.7. The minimum Gasteiger partial charge on any atom is -0.489 e. The number of aromatic nitrogens is 1. The van der Waals surface area contributed by atoms with Crippen molar-refractivity contribution in [2.45, 2.75) is 20.0 Å². The Hall–Kier alpha value is -1.62. The van der Waals surface area contributed by atoms with Gasteiger partial charge < -0.3 is 15.8 Å². The molecule has 1 amide bonds. The maximum absolute atomic E-state index is 11.7. The van der Waals surface area contributed by atoms with E-state index in [1.807, 2.05) is 13.8 Å². The van der Waals surface area contributed by atoms with Gasteiger partial charge in [-0.1, -0.05) is 0 Å². The molecule has 1 aromatic heterocycles. The number of nitrogens with two attached hydrogens (primary N) is 1. The van der Waals surface area contributed by atoms with Crippen LogP contribution in [0.4, 0.5) is 0 Å². The van der Waals surface area contributed by atoms with E-state index in [2.05, 4.69) is 10.3 Å². The molecule has 1 rings (SSSR count). The zero-order valence-corrected chi connectivity index (χ0v) is 9.56. The van der Waals surface area contributed by atoms with Crippen LogP contribution in [0, 0.1) is 0 Å². The summed E-state index contributed by atoms with van der Waals surface area (Å²) in [5.74, 6) is 0.230. The minimum atomic E-state index is -0.262. The summed E-state index contributed by atoms with van der Waals surface area (Å²) < 4.78 is 5.49. The Kier molecular flexibility index (Phi) is 4.72. The van der Waals surface area contributed by atoms with E-state index in [-0.39, 0.29) is 12.0 Å². The molecule has 1 aromatic rings. The molecule has 3 N–H and O–H groups in total. The number of hydrogen-bond acceptors (Lipinski definition) is 4. The van der Waals surface area contributed by atoms with Gasteiger partial charge in [-0.25, -0.2) is 4.98 Å². The average Bonchev–Trinajstić information content (AvgIpc) is 2.26. The largest absolute Gasteiger partial charge is 0.489 e. The normalized spacial score (nSPS) is 10.2. The Labute approximate surface area is 95.0 Å². The Morgan fingerprint density at radius 1 is 1.62 bits per heavy atom. The molecule has 0 atom stereocenters. The van der Waals surface area contributed by atoms with Crippen LogP contribution in [0.5, 0.6) is 5.75 Å². The van der Waals surface area contributed by atoms with Crippen LogP contribution in [0.2, 0.25) is 0 Å². The van der Waals surface area contributed by atoms with Crippen LogP contribution >= 0.6 is 0 Å². The summed E-state index contributed by atoms with van der Waals surface area (Å²) in [6.45, 7) is 4.62. The van der Waals surface area contributed by atoms with E-state index >= 15 is 0 Å². The highest BCUT2D eigenvalue weighted by Gasteiger charge is 2.13. The number of nitrogens with one attached hydrogen (secondary N) is 1. The van der Waals surface area contributed by atoms with Gasteiger partial charge in [0.15, 0.2) is 11.4 Å². The summed E-state index contributed by atoms with van der Waals surface area (Å²) in [5, 5.41) is 2.66. The Bertz CT molecular complexity index is 353. The first kappa shape index (κ1) is 12.4. The first-order valence-electron chi connectivity index (χ1n) is 5.25. The monoisotopic (exact) mass is 223 g/mol. The molecule has 88 valence electrons. The van der Waals surface area contributed by atoms with Crippen molar-refractivity contribution in [1.29, 1.82) is 0 Å². The van der Waals surface area contributed by atoms with Gasteiger partial charge in [-0.2, -0.15) is 0 Å². The highest BCUT2D eigenvalue weighted by atomic mass is 16.5. The second kappa shape index (κ2) is 6.07. The molecular weight excluding hydrogens is 206 g/mol. The number of rotatable bonds is 5. The van der Waals surface area contributed by atoms with E-state index in [9.17, 15) is 4.79 Å². The lowest BCUT2D eigenvalue weighted by molar-refractivity contribution is 0.0943. The molecule has 0 fully saturated rings. The Morgan fingerprint density at radius 3 is 3.00 bits per heavy atom. The first-order valence-corrected chi connectivity index (χ1v) is 5.25. The smallest absolute Gasteiger partial charge is 0.273 e. The average molecular weight is 223 g/mol. The van der Waals surface area contributed by atoms with Crippen LogP contribution in [-0.2, 0) is 0 Å². The van der Waals surface area contributed by atoms with Gasteiger partial charge in [0.2, 0.25) is 0 Å². The minimum absolute atomic E-state index is 0.00487. The fraction of sp³-hybridized carbons (Fsp3) is 0.455. The van der Waals surface area contributed by atoms with E-state index in [0.717, 1.165) is 0 Å². The summed E-state index contributed by atoms with van der Waals surface area (Å²) in [7, 11) is 0. The number of carbonyl (C=O) groups excluding carboxylic acids is 1. The van der Waals surface area contributed by atoms with Crippen molar-refractivity contribution >= 4 is 5.91 Å². The van der Waals surface area contributed by atoms with E-state index in [4.69, 9.17) is 10.5 Å². The van der Waals surface area contributed by atoms with Crippen molar-refractivity contribution in [1.82, 2.24) is 10.3 Å². The van der Waals surface area contributed by atoms with Crippen LogP contribution < -0.4 is 15.8 Å². The highest BCUT2D eigenvalue weighted by Crippen LogP contribution is 2.16. The fourth-order valence-electron chi connectivity index (χ4n) is 1.18. The van der Waals surface area contributed by atoms with Gasteiger partial charge in [-0.3, -0.25) is 4.79 Å². The Balaban J connectivity index is 2.81. The SMILES string of the molecule is CC(C)Oc1cccnc1C(=O)NCCN. The number of nitrogens with zero attached hydrogens (tertiary/aromatic N) is 1. The number of carbonyl (C=O) groups is 1. The molecule has 0 saturated carbocycles. The van der Waals surface area contributed by atoms with Crippen molar-refractivity contribution in [3.05, 3.63) is 24.0 Å². The van der Waals surface area contributed by atoms with E-state index in [0.29, 0.717) is 24.5 Å². The lowest BCUT2D eigenvalue weighted by Gasteiger charge is -2.12. The van der Waals surface area contributed by atoms with Crippen LogP contribution in [0.25, 0.3) is 0 Å². The third kappa shape index (κ3) is 3.51. The lowest BCUT2D eigenvalue weighted by Crippen LogP contribution is -2.30. The maximum Gasteiger partial charge on any atom is 0.273 e. The van der Waals surface area contributed by atoms with Gasteiger partial charge in [0, 0.05) is 19.3 Å². The second-order valence-corrected chi connectivity index (χ2v) is 3.56. The standard InChI is InChI=1S/C11H17N3O2/c1-8(2)16-9-4-3-6-13-10(9)11(15)14-7-5-12/h3-4,6,8H,5,7,12H2,1-2H3,(H,14,15). The van der Waals surface area contributed by atoms with Crippen molar-refractivity contribution in [3.8, 4) is 5.75 Å². The van der Waals surface area contributed by atoms with Crippen molar-refractivity contribution in [2.75, 3.05) is 13.1 Å². The number of hydrogen-bond donors (Lipinski definition) is 2. The summed E-state index contributed by atoms with van der Waals surface area (Å²) in [6.07, 6.45) is 1.56. The summed E-state index contributed by atoms with van der Waals surface area (Å²) in [5.41, 5.74) is 5.60. The number of ether oxygens (including phenoxy) is 1. The highest BCUT2D eigenvalue weighted by molar-refractivity contribution is 5.94. The molecule has 0 aromatic carbocycles. The van der Waals surface area contributed by atoms with Crippen molar-refractivity contribution < 1.29 is 9.53 Å². The fourth-order valence-corrected chi connectivity index (χ4v) is 1.18. The number of amides is 1. The third-order valence-corrected chi connectivity index (χ3v) is 1.78. The van der Waals surface area contributed by atoms with Gasteiger partial charge in [0.25, 0.3) is 5.91 Å². The molecule has 1 heterocycles. The number of pyridine rings is 1. The molecular formula is C11H17N3O2. The molecule has 0 saturated heterocycles. The molecule has 0 radical (unpaired) electrons. The topological polar surface area (TPSA) is 77.2 Å². The summed E-state index contributed by atoms with van der Waals surface area (Å²) in [6, 6.07) is 3.46. The van der Waals surface area contributed by atoms with E-state index < -0.39 is 0 Å². The molecule has 0 aliphatic heterocycles. The molecule has 16 heavy (non-hydrogen) atoms. The van der Waals surface area contributed by atoms with E-state index in [1.54, 1.807) is 18.3 Å². The van der Waals surface area contributed by atoms with Crippen LogP contribution in [0.3, 0.4) is 0 Å². The molecule has 0 spiro atoms. The molecule has 0 aliphatic carbocycles. The van der Waals surface area contributed by atoms with Crippen LogP contribution in [0.15, 0.2) is 18.3 Å². The molecule has 0 bridgehead atoms. The van der Waals surface area contributed by atoms with Gasteiger partial charge in [-0.05, 0) is 26.0 Å². The van der Waals surface area contributed by atoms with Gasteiger partial charge in [0.05, 0.1) is 6.10 Å². The zero-order valence-electron chi connectivity index (χ0n) is 9.56. The van der Waals surface area contributed by atoms with Gasteiger partial charge in [0.1, 0.15) is 0 Å². The molecule has 0 unspecified atom stereocenters. The van der Waals surface area contributed by atoms with Crippen LogP contribution in [-0.4, -0.2) is 30.1 Å². The van der Waals surface area contributed by atoms with Gasteiger partial charge >= 0.3 is 0 Å². The molecule has 5 nitrogen and oxygen atoms in total. The summed E-state index contributed by atoms with van der Waals surface area (Å²) >= 11 is 0. The second-order valence-electron chi connectivity index (χ2n) is 3.56. The lowest BCUT2D eigenvalue weighted by atomic mass is 10.3. The first-order chi connectivity index (χ1) is 7.65. The predicted octanol–water partition coefficient (Wildman–Crippen LogP) is 0.557. The van der Waals surface area contributed by atoms with Crippen molar-refractivity contribution in [2.24, 2.45) is 5.73 Å². The predicted molar refractivity (Wildman–Crippen MR) is 61.4 cm³/mol. The quantitative estimate of drug-likeness (QED) is 0.764. The third-order valence-electron chi connectivity index (χ3n) is 1.78.